The standard InChI is InChI=1S/C21H26N4O7S/c1-21(2)19(27)25(20(28)24(21)3)11-15(18(26)22-29)23-33(30,31)12-8-9-14-13-6-4-5-7-16(13)32-17(14)10-12/h8-10,15,23,29H,4-7,11H2,1-3H3,(H,22,26)/t15-/m0/s1. The summed E-state index contributed by atoms with van der Waals surface area (Å²) < 4.78 is 34.2. The fourth-order valence-electron chi connectivity index (χ4n) is 4.24. The Balaban J connectivity index is 1.62. The largest absolute Gasteiger partial charge is 0.461 e. The van der Waals surface area contributed by atoms with Crippen LogP contribution in [0, 0.1) is 0 Å². The molecule has 2 heterocycles. The molecule has 2 aliphatic rings. The maximum absolute atomic E-state index is 13.1. The number of hydrogen-bond acceptors (Lipinski definition) is 7. The van der Waals surface area contributed by atoms with Gasteiger partial charge < -0.3 is 9.32 Å². The molecule has 178 valence electrons. The minimum atomic E-state index is -4.27. The van der Waals surface area contributed by atoms with Crippen molar-refractivity contribution in [3.8, 4) is 0 Å². The predicted octanol–water partition coefficient (Wildman–Crippen LogP) is 1.14. The van der Waals surface area contributed by atoms with E-state index in [-0.39, 0.29) is 4.90 Å². The molecule has 1 aromatic carbocycles. The van der Waals surface area contributed by atoms with E-state index < -0.39 is 46.0 Å². The number of rotatable bonds is 6. The van der Waals surface area contributed by atoms with Crippen LogP contribution in [0.4, 0.5) is 4.79 Å². The number of imide groups is 1. The summed E-state index contributed by atoms with van der Waals surface area (Å²) in [6.45, 7) is 2.49. The lowest BCUT2D eigenvalue weighted by Gasteiger charge is -2.22. The van der Waals surface area contributed by atoms with Gasteiger partial charge in [-0.25, -0.2) is 18.7 Å². The van der Waals surface area contributed by atoms with Gasteiger partial charge in [0.05, 0.1) is 11.4 Å². The lowest BCUT2D eigenvalue weighted by Crippen LogP contribution is -2.53. The molecule has 12 heteroatoms. The first-order valence-electron chi connectivity index (χ1n) is 10.6. The van der Waals surface area contributed by atoms with E-state index in [0.29, 0.717) is 5.58 Å². The minimum absolute atomic E-state index is 0.145. The number of sulfonamides is 1. The molecule has 0 saturated carbocycles. The molecular formula is C21H26N4O7S. The van der Waals surface area contributed by atoms with E-state index in [4.69, 9.17) is 9.62 Å². The monoisotopic (exact) mass is 478 g/mol. The van der Waals surface area contributed by atoms with E-state index in [0.717, 1.165) is 47.3 Å². The first kappa shape index (κ1) is 23.2. The van der Waals surface area contributed by atoms with E-state index in [1.54, 1.807) is 6.07 Å². The Morgan fingerprint density at radius 2 is 1.94 bits per heavy atom. The molecule has 0 unspecified atom stereocenters. The van der Waals surface area contributed by atoms with Crippen molar-refractivity contribution in [1.29, 1.82) is 0 Å². The highest BCUT2D eigenvalue weighted by molar-refractivity contribution is 7.89. The molecule has 1 aliphatic carbocycles. The first-order valence-corrected chi connectivity index (χ1v) is 12.1. The van der Waals surface area contributed by atoms with Crippen LogP contribution in [0.3, 0.4) is 0 Å². The average Bonchev–Trinajstić information content (AvgIpc) is 3.23. The van der Waals surface area contributed by atoms with Gasteiger partial charge in [0.25, 0.3) is 11.8 Å². The van der Waals surface area contributed by atoms with Crippen LogP contribution < -0.4 is 10.2 Å². The molecule has 11 nitrogen and oxygen atoms in total. The zero-order valence-corrected chi connectivity index (χ0v) is 19.4. The molecule has 0 bridgehead atoms. The number of benzene rings is 1. The van der Waals surface area contributed by atoms with Crippen LogP contribution in [-0.2, 0) is 32.5 Å². The summed E-state index contributed by atoms with van der Waals surface area (Å²) in [5.74, 6) is -0.845. The molecule has 1 atom stereocenters. The van der Waals surface area contributed by atoms with Crippen molar-refractivity contribution in [2.24, 2.45) is 0 Å². The Morgan fingerprint density at radius 3 is 2.58 bits per heavy atom. The van der Waals surface area contributed by atoms with E-state index in [2.05, 4.69) is 4.72 Å². The highest BCUT2D eigenvalue weighted by atomic mass is 32.2. The van der Waals surface area contributed by atoms with Crippen molar-refractivity contribution in [2.75, 3.05) is 13.6 Å². The van der Waals surface area contributed by atoms with Crippen LogP contribution in [0.15, 0.2) is 27.5 Å². The lowest BCUT2D eigenvalue weighted by atomic mass is 9.96. The van der Waals surface area contributed by atoms with Crippen molar-refractivity contribution in [3.63, 3.8) is 0 Å². The summed E-state index contributed by atoms with van der Waals surface area (Å²) in [5.41, 5.74) is 1.76. The van der Waals surface area contributed by atoms with Crippen LogP contribution in [0.5, 0.6) is 0 Å². The fourth-order valence-corrected chi connectivity index (χ4v) is 5.44. The number of hydrogen-bond donors (Lipinski definition) is 3. The van der Waals surface area contributed by atoms with Crippen molar-refractivity contribution in [3.05, 3.63) is 29.5 Å². The van der Waals surface area contributed by atoms with Crippen molar-refractivity contribution in [2.45, 2.75) is 56.0 Å². The second kappa shape index (κ2) is 8.12. The van der Waals surface area contributed by atoms with Crippen LogP contribution in [-0.4, -0.2) is 66.4 Å². The Bertz CT molecular complexity index is 1250. The molecule has 1 saturated heterocycles. The molecular weight excluding hydrogens is 452 g/mol. The molecule has 3 N–H and O–H groups in total. The van der Waals surface area contributed by atoms with Crippen molar-refractivity contribution >= 4 is 38.8 Å². The van der Waals surface area contributed by atoms with E-state index in [1.165, 1.54) is 43.4 Å². The van der Waals surface area contributed by atoms with Crippen LogP contribution >= 0.6 is 0 Å². The van der Waals surface area contributed by atoms with Gasteiger partial charge in [0.2, 0.25) is 10.0 Å². The molecule has 33 heavy (non-hydrogen) atoms. The van der Waals surface area contributed by atoms with Gasteiger partial charge in [0.15, 0.2) is 0 Å². The number of nitrogens with one attached hydrogen (secondary N) is 2. The quantitative estimate of drug-likeness (QED) is 0.320. The van der Waals surface area contributed by atoms with Gasteiger partial charge in [-0.15, -0.1) is 0 Å². The van der Waals surface area contributed by atoms with E-state index in [1.807, 2.05) is 0 Å². The summed E-state index contributed by atoms with van der Waals surface area (Å²) in [4.78, 5) is 39.2. The Kier molecular flexibility index (Phi) is 5.71. The van der Waals surface area contributed by atoms with Gasteiger partial charge in [-0.3, -0.25) is 19.7 Å². The third-order valence-corrected chi connectivity index (χ3v) is 7.92. The third-order valence-electron chi connectivity index (χ3n) is 6.45. The smallest absolute Gasteiger partial charge is 0.327 e. The highest BCUT2D eigenvalue weighted by Gasteiger charge is 2.50. The topological polar surface area (TPSA) is 149 Å². The van der Waals surface area contributed by atoms with Gasteiger partial charge in [0.1, 0.15) is 22.9 Å². The maximum atomic E-state index is 13.1. The fraction of sp³-hybridized carbons (Fsp3) is 0.476. The summed E-state index contributed by atoms with van der Waals surface area (Å²) in [7, 11) is -2.84. The average molecular weight is 479 g/mol. The highest BCUT2D eigenvalue weighted by Crippen LogP contribution is 2.33. The maximum Gasteiger partial charge on any atom is 0.327 e. The number of urea groups is 1. The zero-order valence-electron chi connectivity index (χ0n) is 18.5. The molecule has 1 fully saturated rings. The van der Waals surface area contributed by atoms with Gasteiger partial charge in [-0.2, -0.15) is 4.72 Å². The molecule has 0 radical (unpaired) electrons. The number of hydroxylamine groups is 1. The number of nitrogens with zero attached hydrogens (tertiary/aromatic N) is 2. The van der Waals surface area contributed by atoms with Crippen LogP contribution in [0.1, 0.15) is 38.0 Å². The Hall–Kier alpha value is -2.96. The van der Waals surface area contributed by atoms with Crippen molar-refractivity contribution < 1.29 is 32.4 Å². The van der Waals surface area contributed by atoms with Gasteiger partial charge in [-0.05, 0) is 45.2 Å². The summed E-state index contributed by atoms with van der Waals surface area (Å²) in [6.07, 6.45) is 3.72. The molecule has 1 aliphatic heterocycles. The molecule has 1 aromatic heterocycles. The lowest BCUT2D eigenvalue weighted by molar-refractivity contribution is -0.134. The summed E-state index contributed by atoms with van der Waals surface area (Å²) in [6, 6.07) is 2.17. The number of fused-ring (bicyclic) bond motifs is 3. The van der Waals surface area contributed by atoms with Gasteiger partial charge >= 0.3 is 6.03 Å². The number of amides is 4. The minimum Gasteiger partial charge on any atom is -0.461 e. The first-order chi connectivity index (χ1) is 15.5. The summed E-state index contributed by atoms with van der Waals surface area (Å²) in [5, 5.41) is 9.97. The van der Waals surface area contributed by atoms with Gasteiger partial charge in [0, 0.05) is 30.5 Å². The van der Waals surface area contributed by atoms with Crippen molar-refractivity contribution in [1.82, 2.24) is 20.0 Å². The number of aryl methyl sites for hydroxylation is 2. The van der Waals surface area contributed by atoms with Crippen LogP contribution in [0.25, 0.3) is 11.0 Å². The number of furan rings is 1. The molecule has 4 rings (SSSR count). The summed E-state index contributed by atoms with van der Waals surface area (Å²) >= 11 is 0. The number of carbonyl (C=O) groups excluding carboxylic acids is 3. The normalized spacial score (nSPS) is 19.2. The van der Waals surface area contributed by atoms with E-state index >= 15 is 0 Å². The van der Waals surface area contributed by atoms with E-state index in [9.17, 15) is 22.8 Å². The molecule has 4 amide bonds. The second-order valence-electron chi connectivity index (χ2n) is 8.84. The van der Waals surface area contributed by atoms with Gasteiger partial charge in [-0.1, -0.05) is 0 Å². The molecule has 0 spiro atoms. The Labute approximate surface area is 190 Å². The second-order valence-corrected chi connectivity index (χ2v) is 10.5. The predicted molar refractivity (Wildman–Crippen MR) is 116 cm³/mol. The third kappa shape index (κ3) is 3.87. The SMILES string of the molecule is CN1C(=O)N(C[C@H](NS(=O)(=O)c2ccc3c4c(oc3c2)CCCC4)C(=O)NO)C(=O)C1(C)C. The number of likely N-dealkylation sites (N-methyl/N-ethyl adjacent to an activating group) is 1. The number of carbonyl (C=O) groups is 3. The molecule has 2 aromatic rings. The Morgan fingerprint density at radius 1 is 1.24 bits per heavy atom. The zero-order chi connectivity index (χ0) is 24.1. The van der Waals surface area contributed by atoms with Crippen LogP contribution in [0.2, 0.25) is 0 Å².